The van der Waals surface area contributed by atoms with Gasteiger partial charge in [-0.15, -0.1) is 0 Å². The lowest BCUT2D eigenvalue weighted by atomic mass is 10.1. The van der Waals surface area contributed by atoms with E-state index in [9.17, 15) is 23.1 Å². The fraction of sp³-hybridized carbons (Fsp3) is 0.100. The number of carbonyl (C=O) groups is 2. The third kappa shape index (κ3) is 3.54. The molecule has 2 aromatic carbocycles. The summed E-state index contributed by atoms with van der Waals surface area (Å²) in [6, 6.07) is 12.5. The van der Waals surface area contributed by atoms with Gasteiger partial charge in [0.05, 0.1) is 11.3 Å². The third-order valence-electron chi connectivity index (χ3n) is 4.29. The highest BCUT2D eigenvalue weighted by atomic mass is 32.2. The number of aliphatic carboxylic acids is 1. The number of benzene rings is 2. The molecule has 8 heteroatoms. The number of hydrogen-bond acceptors (Lipinski definition) is 5. The predicted molar refractivity (Wildman–Crippen MR) is 103 cm³/mol. The molecule has 0 amide bonds. The van der Waals surface area contributed by atoms with E-state index in [4.69, 9.17) is 5.11 Å². The maximum absolute atomic E-state index is 12.6. The summed E-state index contributed by atoms with van der Waals surface area (Å²) in [5.74, 6) is -2.08. The molecule has 0 aromatic heterocycles. The van der Waals surface area contributed by atoms with Crippen molar-refractivity contribution in [3.05, 3.63) is 77.0 Å². The van der Waals surface area contributed by atoms with E-state index in [1.165, 1.54) is 31.3 Å². The Hall–Kier alpha value is -3.39. The Morgan fingerprint density at radius 3 is 2.54 bits per heavy atom. The largest absolute Gasteiger partial charge is 0.505 e. The second kappa shape index (κ2) is 7.32. The van der Waals surface area contributed by atoms with Gasteiger partial charge in [0.2, 0.25) is 5.78 Å². The fourth-order valence-corrected chi connectivity index (χ4v) is 4.34. The quantitative estimate of drug-likeness (QED) is 0.747. The minimum Gasteiger partial charge on any atom is -0.505 e. The van der Waals surface area contributed by atoms with Gasteiger partial charge >= 0.3 is 5.97 Å². The summed E-state index contributed by atoms with van der Waals surface area (Å²) in [5, 5.41) is 19.4. The lowest BCUT2D eigenvalue weighted by molar-refractivity contribution is -0.136. The molecule has 2 N–H and O–H groups in total. The van der Waals surface area contributed by atoms with Gasteiger partial charge in [0, 0.05) is 12.6 Å². The third-order valence-corrected chi connectivity index (χ3v) is 6.10. The molecule has 0 aliphatic carbocycles. The van der Waals surface area contributed by atoms with E-state index in [1.807, 2.05) is 0 Å². The number of hydrogen-bond donors (Lipinski definition) is 2. The average Bonchev–Trinajstić information content (AvgIpc) is 2.65. The first-order valence-electron chi connectivity index (χ1n) is 8.26. The summed E-state index contributed by atoms with van der Waals surface area (Å²) in [4.78, 5) is 23.4. The highest BCUT2D eigenvalue weighted by Crippen LogP contribution is 2.34. The molecule has 28 heavy (non-hydrogen) atoms. The Kier molecular flexibility index (Phi) is 5.06. The first-order chi connectivity index (χ1) is 13.2. The molecule has 1 aliphatic rings. The first kappa shape index (κ1) is 19.4. The normalized spacial score (nSPS) is 15.5. The van der Waals surface area contributed by atoms with Gasteiger partial charge in [-0.05, 0) is 29.3 Å². The molecule has 1 aliphatic heterocycles. The average molecular weight is 399 g/mol. The SMILES string of the molecule is CN1C(C(=O)/C=C/c2cccc(CC(=O)O)c2)=C(O)c2ccccc2S1(=O)=O. The fourth-order valence-electron chi connectivity index (χ4n) is 2.94. The molecule has 0 fully saturated rings. The summed E-state index contributed by atoms with van der Waals surface area (Å²) in [7, 11) is -2.75. The molecule has 0 saturated carbocycles. The summed E-state index contributed by atoms with van der Waals surface area (Å²) in [6.07, 6.45) is 2.43. The van der Waals surface area contributed by atoms with Crippen molar-refractivity contribution in [3.8, 4) is 0 Å². The van der Waals surface area contributed by atoms with Crippen molar-refractivity contribution in [2.45, 2.75) is 11.3 Å². The molecule has 1 heterocycles. The first-order valence-corrected chi connectivity index (χ1v) is 9.70. The van der Waals surface area contributed by atoms with E-state index in [1.54, 1.807) is 30.3 Å². The van der Waals surface area contributed by atoms with E-state index < -0.39 is 27.5 Å². The highest BCUT2D eigenvalue weighted by Gasteiger charge is 2.36. The number of ketones is 1. The van der Waals surface area contributed by atoms with Gasteiger partial charge in [-0.2, -0.15) is 0 Å². The van der Waals surface area contributed by atoms with Crippen molar-refractivity contribution >= 4 is 33.6 Å². The van der Waals surface area contributed by atoms with Crippen LogP contribution in [-0.4, -0.2) is 41.7 Å². The number of likely N-dealkylation sites (N-methyl/N-ethyl adjacent to an activating group) is 1. The number of rotatable bonds is 5. The van der Waals surface area contributed by atoms with Crippen molar-refractivity contribution in [3.63, 3.8) is 0 Å². The number of carboxylic acids is 1. The van der Waals surface area contributed by atoms with Crippen LogP contribution in [-0.2, 0) is 26.0 Å². The van der Waals surface area contributed by atoms with Gasteiger partial charge in [0.15, 0.2) is 5.76 Å². The van der Waals surface area contributed by atoms with Crippen molar-refractivity contribution < 1.29 is 28.2 Å². The Labute approximate surface area is 161 Å². The number of allylic oxidation sites excluding steroid dienone is 1. The predicted octanol–water partition coefficient (Wildman–Crippen LogP) is 2.46. The Balaban J connectivity index is 1.96. The Morgan fingerprint density at radius 2 is 1.82 bits per heavy atom. The lowest BCUT2D eigenvalue weighted by Crippen LogP contribution is -2.34. The minimum absolute atomic E-state index is 0.0702. The molecule has 0 saturated heterocycles. The molecule has 3 rings (SSSR count). The number of nitrogens with zero attached hydrogens (tertiary/aromatic N) is 1. The zero-order chi connectivity index (χ0) is 20.5. The second-order valence-electron chi connectivity index (χ2n) is 6.18. The molecule has 0 atom stereocenters. The molecule has 7 nitrogen and oxygen atoms in total. The monoisotopic (exact) mass is 399 g/mol. The number of aliphatic hydroxyl groups is 1. The number of carbonyl (C=O) groups excluding carboxylic acids is 1. The molecule has 0 radical (unpaired) electrons. The molecular formula is C20H17NO6S. The van der Waals surface area contributed by atoms with Crippen LogP contribution in [0.1, 0.15) is 16.7 Å². The molecule has 0 unspecified atom stereocenters. The van der Waals surface area contributed by atoms with Gasteiger partial charge in [-0.3, -0.25) is 13.9 Å². The van der Waals surface area contributed by atoms with Gasteiger partial charge < -0.3 is 10.2 Å². The van der Waals surface area contributed by atoms with Gasteiger partial charge in [-0.1, -0.05) is 42.5 Å². The van der Waals surface area contributed by atoms with Gasteiger partial charge in [0.1, 0.15) is 5.70 Å². The lowest BCUT2D eigenvalue weighted by Gasteiger charge is -2.27. The van der Waals surface area contributed by atoms with Crippen LogP contribution in [0.4, 0.5) is 0 Å². The number of carboxylic acid groups (broad SMARTS) is 1. The van der Waals surface area contributed by atoms with Crippen LogP contribution >= 0.6 is 0 Å². The van der Waals surface area contributed by atoms with Crippen molar-refractivity contribution in [1.82, 2.24) is 4.31 Å². The van der Waals surface area contributed by atoms with E-state index in [2.05, 4.69) is 0 Å². The standard InChI is InChI=1S/C20H17NO6S/c1-21-19(20(25)15-7-2-3-8-17(15)28(21,26)27)16(22)10-9-13-5-4-6-14(11-13)12-18(23)24/h2-11,25H,12H2,1H3,(H,23,24)/b10-9+. The zero-order valence-corrected chi connectivity index (χ0v) is 15.7. The van der Waals surface area contributed by atoms with E-state index >= 15 is 0 Å². The maximum atomic E-state index is 12.6. The highest BCUT2D eigenvalue weighted by molar-refractivity contribution is 7.89. The topological polar surface area (TPSA) is 112 Å². The Bertz CT molecular complexity index is 1130. The van der Waals surface area contributed by atoms with Crippen LogP contribution in [0.25, 0.3) is 11.8 Å². The van der Waals surface area contributed by atoms with Crippen LogP contribution in [0, 0.1) is 0 Å². The molecule has 2 aromatic rings. The molecule has 0 bridgehead atoms. The summed E-state index contributed by atoms with van der Waals surface area (Å²) in [6.45, 7) is 0. The number of sulfonamides is 1. The molecule has 144 valence electrons. The van der Waals surface area contributed by atoms with Crippen LogP contribution < -0.4 is 0 Å². The number of fused-ring (bicyclic) bond motifs is 1. The second-order valence-corrected chi connectivity index (χ2v) is 8.12. The van der Waals surface area contributed by atoms with E-state index in [-0.39, 0.29) is 22.6 Å². The van der Waals surface area contributed by atoms with E-state index in [0.29, 0.717) is 11.1 Å². The van der Waals surface area contributed by atoms with Gasteiger partial charge in [0.25, 0.3) is 10.0 Å². The summed E-state index contributed by atoms with van der Waals surface area (Å²) >= 11 is 0. The van der Waals surface area contributed by atoms with Crippen LogP contribution in [0.15, 0.2) is 65.2 Å². The van der Waals surface area contributed by atoms with Crippen LogP contribution in [0.2, 0.25) is 0 Å². The number of aliphatic hydroxyl groups excluding tert-OH is 1. The van der Waals surface area contributed by atoms with Crippen molar-refractivity contribution in [2.75, 3.05) is 7.05 Å². The summed E-state index contributed by atoms with van der Waals surface area (Å²) < 4.78 is 26.0. The van der Waals surface area contributed by atoms with Crippen molar-refractivity contribution in [1.29, 1.82) is 0 Å². The van der Waals surface area contributed by atoms with E-state index in [0.717, 1.165) is 10.4 Å². The maximum Gasteiger partial charge on any atom is 0.307 e. The van der Waals surface area contributed by atoms with Gasteiger partial charge in [-0.25, -0.2) is 8.42 Å². The minimum atomic E-state index is -3.96. The van der Waals surface area contributed by atoms with Crippen molar-refractivity contribution in [2.24, 2.45) is 0 Å². The van der Waals surface area contributed by atoms with Crippen LogP contribution in [0.5, 0.6) is 0 Å². The molecular weight excluding hydrogens is 382 g/mol. The Morgan fingerprint density at radius 1 is 1.11 bits per heavy atom. The molecule has 0 spiro atoms. The zero-order valence-electron chi connectivity index (χ0n) is 14.9. The summed E-state index contributed by atoms with van der Waals surface area (Å²) in [5.41, 5.74) is 0.863. The smallest absolute Gasteiger partial charge is 0.307 e. The van der Waals surface area contributed by atoms with Crippen LogP contribution in [0.3, 0.4) is 0 Å².